The minimum absolute atomic E-state index is 0.0724. The van der Waals surface area contributed by atoms with Gasteiger partial charge in [-0.15, -0.1) is 0 Å². The second-order valence-corrected chi connectivity index (χ2v) is 4.71. The molecule has 20 heavy (non-hydrogen) atoms. The summed E-state index contributed by atoms with van der Waals surface area (Å²) in [6.45, 7) is 6.76. The zero-order valence-corrected chi connectivity index (χ0v) is 11.9. The van der Waals surface area contributed by atoms with E-state index >= 15 is 0 Å². The molecule has 0 bridgehead atoms. The summed E-state index contributed by atoms with van der Waals surface area (Å²) in [7, 11) is 0. The molecule has 0 spiro atoms. The molecule has 0 aliphatic heterocycles. The van der Waals surface area contributed by atoms with E-state index in [2.05, 4.69) is 29.1 Å². The Hall–Kier alpha value is -2.17. The van der Waals surface area contributed by atoms with Gasteiger partial charge in [-0.2, -0.15) is 9.37 Å². The Morgan fingerprint density at radius 1 is 1.35 bits per heavy atom. The highest BCUT2D eigenvalue weighted by atomic mass is 19.1. The summed E-state index contributed by atoms with van der Waals surface area (Å²) in [6.07, 6.45) is 1.10. The van der Waals surface area contributed by atoms with E-state index < -0.39 is 5.82 Å². The molecular weight excluding hydrogens is 257 g/mol. The molecular formula is C15H18FN3O. The zero-order chi connectivity index (χ0) is 14.5. The number of rotatable bonds is 5. The van der Waals surface area contributed by atoms with E-state index in [1.807, 2.05) is 25.1 Å². The molecule has 0 unspecified atom stereocenters. The number of ether oxygens (including phenoxy) is 1. The van der Waals surface area contributed by atoms with Gasteiger partial charge in [-0.3, -0.25) is 0 Å². The molecule has 4 nitrogen and oxygen atoms in total. The van der Waals surface area contributed by atoms with E-state index in [1.54, 1.807) is 6.07 Å². The maximum absolute atomic E-state index is 13.7. The van der Waals surface area contributed by atoms with Gasteiger partial charge in [0, 0.05) is 6.54 Å². The number of hydrogen-bond donors (Lipinski definition) is 1. The van der Waals surface area contributed by atoms with Crippen LogP contribution in [0.15, 0.2) is 30.5 Å². The van der Waals surface area contributed by atoms with Gasteiger partial charge in [0.05, 0.1) is 6.20 Å². The third-order valence-corrected chi connectivity index (χ3v) is 2.79. The third kappa shape index (κ3) is 3.44. The van der Waals surface area contributed by atoms with Crippen LogP contribution in [0, 0.1) is 5.82 Å². The number of benzene rings is 1. The summed E-state index contributed by atoms with van der Waals surface area (Å²) in [5.41, 5.74) is 1.13. The average Bonchev–Trinajstić information content (AvgIpc) is 2.43. The van der Waals surface area contributed by atoms with E-state index in [-0.39, 0.29) is 5.88 Å². The highest BCUT2D eigenvalue weighted by Crippen LogP contribution is 2.26. The van der Waals surface area contributed by atoms with E-state index in [4.69, 9.17) is 4.74 Å². The first-order chi connectivity index (χ1) is 9.60. The molecule has 2 aromatic rings. The molecule has 1 N–H and O–H groups in total. The molecule has 0 radical (unpaired) electrons. The van der Waals surface area contributed by atoms with Gasteiger partial charge in [-0.25, -0.2) is 4.98 Å². The Labute approximate surface area is 118 Å². The molecule has 1 aromatic heterocycles. The Balaban J connectivity index is 2.24. The van der Waals surface area contributed by atoms with Crippen molar-refractivity contribution in [1.82, 2.24) is 9.97 Å². The van der Waals surface area contributed by atoms with Gasteiger partial charge in [-0.05, 0) is 30.5 Å². The summed E-state index contributed by atoms with van der Waals surface area (Å²) in [6, 6.07) is 7.56. The van der Waals surface area contributed by atoms with Crippen LogP contribution in [0.3, 0.4) is 0 Å². The number of aromatic nitrogens is 2. The van der Waals surface area contributed by atoms with Crippen molar-refractivity contribution in [2.45, 2.75) is 26.7 Å². The molecule has 106 valence electrons. The lowest BCUT2D eigenvalue weighted by atomic mass is 10.0. The molecule has 1 heterocycles. The molecule has 2 rings (SSSR count). The van der Waals surface area contributed by atoms with Crippen molar-refractivity contribution >= 4 is 5.95 Å². The van der Waals surface area contributed by atoms with Gasteiger partial charge in [0.1, 0.15) is 5.75 Å². The van der Waals surface area contributed by atoms with Crippen molar-refractivity contribution < 1.29 is 9.13 Å². The average molecular weight is 275 g/mol. The van der Waals surface area contributed by atoms with E-state index in [0.717, 1.165) is 11.8 Å². The topological polar surface area (TPSA) is 47.0 Å². The van der Waals surface area contributed by atoms with E-state index in [9.17, 15) is 4.39 Å². The maximum Gasteiger partial charge on any atom is 0.260 e. The molecule has 5 heteroatoms. The Bertz CT molecular complexity index is 587. The minimum atomic E-state index is -0.582. The SMILES string of the molecule is CCNc1ncc(F)c(Oc2cccc(C(C)C)c2)n1. The van der Waals surface area contributed by atoms with Crippen molar-refractivity contribution in [3.8, 4) is 11.6 Å². The van der Waals surface area contributed by atoms with Crippen LogP contribution in [0.25, 0.3) is 0 Å². The second-order valence-electron chi connectivity index (χ2n) is 4.71. The van der Waals surface area contributed by atoms with Gasteiger partial charge in [0.15, 0.2) is 0 Å². The van der Waals surface area contributed by atoms with Crippen LogP contribution < -0.4 is 10.1 Å². The predicted molar refractivity (Wildman–Crippen MR) is 76.8 cm³/mol. The first-order valence-corrected chi connectivity index (χ1v) is 6.64. The summed E-state index contributed by atoms with van der Waals surface area (Å²) < 4.78 is 19.2. The quantitative estimate of drug-likeness (QED) is 0.897. The standard InChI is InChI=1S/C15H18FN3O/c1-4-17-15-18-9-13(16)14(19-15)20-12-7-5-6-11(8-12)10(2)3/h5-10H,4H2,1-3H3,(H,17,18,19). The van der Waals surface area contributed by atoms with Gasteiger partial charge in [-0.1, -0.05) is 26.0 Å². The Kier molecular flexibility index (Phi) is 4.50. The van der Waals surface area contributed by atoms with Crippen LogP contribution in [-0.4, -0.2) is 16.5 Å². The van der Waals surface area contributed by atoms with Crippen molar-refractivity contribution in [3.63, 3.8) is 0 Å². The maximum atomic E-state index is 13.7. The first-order valence-electron chi connectivity index (χ1n) is 6.64. The molecule has 0 fully saturated rings. The van der Waals surface area contributed by atoms with Gasteiger partial charge in [0.2, 0.25) is 11.8 Å². The summed E-state index contributed by atoms with van der Waals surface area (Å²) in [5.74, 6) is 0.643. The molecule has 1 aromatic carbocycles. The van der Waals surface area contributed by atoms with Crippen molar-refractivity contribution in [1.29, 1.82) is 0 Å². The van der Waals surface area contributed by atoms with Crippen molar-refractivity contribution in [2.24, 2.45) is 0 Å². The Morgan fingerprint density at radius 3 is 2.85 bits per heavy atom. The normalized spacial score (nSPS) is 10.7. The highest BCUT2D eigenvalue weighted by molar-refractivity contribution is 5.35. The van der Waals surface area contributed by atoms with Crippen molar-refractivity contribution in [2.75, 3.05) is 11.9 Å². The number of hydrogen-bond acceptors (Lipinski definition) is 4. The van der Waals surface area contributed by atoms with Crippen LogP contribution in [-0.2, 0) is 0 Å². The lowest BCUT2D eigenvalue weighted by Crippen LogP contribution is -2.04. The lowest BCUT2D eigenvalue weighted by molar-refractivity contribution is 0.420. The van der Waals surface area contributed by atoms with Gasteiger partial charge in [0.25, 0.3) is 5.88 Å². The Morgan fingerprint density at radius 2 is 2.15 bits per heavy atom. The molecule has 0 saturated heterocycles. The molecule has 0 amide bonds. The monoisotopic (exact) mass is 275 g/mol. The zero-order valence-electron chi connectivity index (χ0n) is 11.9. The van der Waals surface area contributed by atoms with Crippen LogP contribution in [0.1, 0.15) is 32.3 Å². The first kappa shape index (κ1) is 14.2. The molecule has 0 aliphatic carbocycles. The number of anilines is 1. The van der Waals surface area contributed by atoms with Crippen LogP contribution in [0.2, 0.25) is 0 Å². The predicted octanol–water partition coefficient (Wildman–Crippen LogP) is 3.96. The largest absolute Gasteiger partial charge is 0.436 e. The van der Waals surface area contributed by atoms with Crippen molar-refractivity contribution in [3.05, 3.63) is 41.8 Å². The fourth-order valence-corrected chi connectivity index (χ4v) is 1.72. The number of nitrogens with one attached hydrogen (secondary N) is 1. The summed E-state index contributed by atoms with van der Waals surface area (Å²) in [5, 5.41) is 2.92. The molecule has 0 atom stereocenters. The molecule has 0 aliphatic rings. The van der Waals surface area contributed by atoms with E-state index in [0.29, 0.717) is 24.2 Å². The summed E-state index contributed by atoms with van der Waals surface area (Å²) in [4.78, 5) is 7.85. The van der Waals surface area contributed by atoms with Crippen LogP contribution in [0.4, 0.5) is 10.3 Å². The van der Waals surface area contributed by atoms with E-state index in [1.165, 1.54) is 0 Å². The second kappa shape index (κ2) is 6.32. The summed E-state index contributed by atoms with van der Waals surface area (Å²) >= 11 is 0. The van der Waals surface area contributed by atoms with Gasteiger partial charge < -0.3 is 10.1 Å². The fraction of sp³-hybridized carbons (Fsp3) is 0.333. The van der Waals surface area contributed by atoms with Crippen LogP contribution >= 0.6 is 0 Å². The molecule has 0 saturated carbocycles. The smallest absolute Gasteiger partial charge is 0.260 e. The number of halogens is 1. The highest BCUT2D eigenvalue weighted by Gasteiger charge is 2.10. The lowest BCUT2D eigenvalue weighted by Gasteiger charge is -2.10. The van der Waals surface area contributed by atoms with Crippen LogP contribution in [0.5, 0.6) is 11.6 Å². The third-order valence-electron chi connectivity index (χ3n) is 2.79. The fourth-order valence-electron chi connectivity index (χ4n) is 1.72. The van der Waals surface area contributed by atoms with Gasteiger partial charge >= 0.3 is 0 Å². The minimum Gasteiger partial charge on any atom is -0.436 e. The number of nitrogens with zero attached hydrogens (tertiary/aromatic N) is 2.